The Kier molecular flexibility index (Phi) is 7.06. The van der Waals surface area contributed by atoms with Gasteiger partial charge in [0.15, 0.2) is 0 Å². The number of carboxylic acids is 1. The van der Waals surface area contributed by atoms with Gasteiger partial charge in [0, 0.05) is 16.9 Å². The van der Waals surface area contributed by atoms with Gasteiger partial charge in [-0.3, -0.25) is 4.79 Å². The molecule has 2 N–H and O–H groups in total. The summed E-state index contributed by atoms with van der Waals surface area (Å²) in [6, 6.07) is 5.66. The van der Waals surface area contributed by atoms with E-state index in [1.54, 1.807) is 20.8 Å². The number of carbonyl (C=O) groups is 2. The van der Waals surface area contributed by atoms with Crippen molar-refractivity contribution in [3.05, 3.63) is 33.8 Å². The molecule has 0 bridgehead atoms. The molecule has 1 aromatic carbocycles. The van der Waals surface area contributed by atoms with Crippen LogP contribution >= 0.6 is 15.9 Å². The van der Waals surface area contributed by atoms with Gasteiger partial charge in [-0.15, -0.1) is 0 Å². The Labute approximate surface area is 145 Å². The molecule has 6 heteroatoms. The molecule has 1 unspecified atom stereocenters. The molecule has 0 aliphatic heterocycles. The fourth-order valence-electron chi connectivity index (χ4n) is 2.08. The summed E-state index contributed by atoms with van der Waals surface area (Å²) >= 11 is 3.51. The van der Waals surface area contributed by atoms with E-state index in [1.807, 2.05) is 25.1 Å². The molecule has 0 aromatic heterocycles. The van der Waals surface area contributed by atoms with Crippen LogP contribution in [0.25, 0.3) is 0 Å². The van der Waals surface area contributed by atoms with E-state index in [2.05, 4.69) is 21.2 Å². The number of hydrogen-bond donors (Lipinski definition) is 2. The third-order valence-electron chi connectivity index (χ3n) is 3.10. The lowest BCUT2D eigenvalue weighted by Gasteiger charge is -2.24. The van der Waals surface area contributed by atoms with Gasteiger partial charge in [-0.2, -0.15) is 0 Å². The highest BCUT2D eigenvalue weighted by atomic mass is 79.9. The van der Waals surface area contributed by atoms with Crippen LogP contribution in [-0.4, -0.2) is 28.8 Å². The van der Waals surface area contributed by atoms with Gasteiger partial charge in [0.05, 0.1) is 0 Å². The van der Waals surface area contributed by atoms with Crippen LogP contribution in [0.3, 0.4) is 0 Å². The predicted octanol–water partition coefficient (Wildman–Crippen LogP) is 4.06. The van der Waals surface area contributed by atoms with Crippen molar-refractivity contribution in [3.8, 4) is 0 Å². The Morgan fingerprint density at radius 2 is 2.00 bits per heavy atom. The Balaban J connectivity index is 2.79. The Morgan fingerprint density at radius 1 is 1.35 bits per heavy atom. The van der Waals surface area contributed by atoms with E-state index < -0.39 is 17.7 Å². The standard InChI is InChI=1S/C17H24BrNO4/c1-11-5-6-12(14(18)9-11)10-13(7-8-15(20)21)19-16(22)23-17(2,3)4/h5-6,9,13H,7-8,10H2,1-4H3,(H,19,22)(H,20,21). The second-order valence-corrected chi connectivity index (χ2v) is 7.43. The van der Waals surface area contributed by atoms with Gasteiger partial charge in [0.2, 0.25) is 0 Å². The number of benzene rings is 1. The summed E-state index contributed by atoms with van der Waals surface area (Å²) in [6.45, 7) is 7.36. The molecule has 0 aliphatic rings. The molecule has 0 radical (unpaired) electrons. The first-order valence-electron chi connectivity index (χ1n) is 7.53. The van der Waals surface area contributed by atoms with Crippen LogP contribution in [0.2, 0.25) is 0 Å². The largest absolute Gasteiger partial charge is 0.481 e. The summed E-state index contributed by atoms with van der Waals surface area (Å²) in [7, 11) is 0. The third kappa shape index (κ3) is 8.02. The maximum atomic E-state index is 12.0. The summed E-state index contributed by atoms with van der Waals surface area (Å²) in [5, 5.41) is 11.7. The summed E-state index contributed by atoms with van der Waals surface area (Å²) in [5.74, 6) is -0.885. The first kappa shape index (κ1) is 19.5. The first-order valence-corrected chi connectivity index (χ1v) is 8.32. The summed E-state index contributed by atoms with van der Waals surface area (Å²) < 4.78 is 6.20. The minimum atomic E-state index is -0.885. The lowest BCUT2D eigenvalue weighted by Crippen LogP contribution is -2.40. The summed E-state index contributed by atoms with van der Waals surface area (Å²) in [6.07, 6.45) is 0.336. The zero-order chi connectivity index (χ0) is 17.6. The van der Waals surface area contributed by atoms with Crippen molar-refractivity contribution >= 4 is 28.0 Å². The highest BCUT2D eigenvalue weighted by Crippen LogP contribution is 2.21. The second-order valence-electron chi connectivity index (χ2n) is 6.57. The first-order chi connectivity index (χ1) is 10.6. The molecule has 1 aromatic rings. The fourth-order valence-corrected chi connectivity index (χ4v) is 2.74. The van der Waals surface area contributed by atoms with Gasteiger partial charge in [-0.05, 0) is 57.7 Å². The molecule has 1 atom stereocenters. The topological polar surface area (TPSA) is 75.6 Å². The van der Waals surface area contributed by atoms with Gasteiger partial charge in [0.1, 0.15) is 5.60 Å². The quantitative estimate of drug-likeness (QED) is 0.773. The molecule has 1 amide bonds. The second kappa shape index (κ2) is 8.34. The van der Waals surface area contributed by atoms with E-state index >= 15 is 0 Å². The number of alkyl carbamates (subject to hydrolysis) is 1. The molecular weight excluding hydrogens is 362 g/mol. The number of halogens is 1. The number of carbonyl (C=O) groups excluding carboxylic acids is 1. The fraction of sp³-hybridized carbons (Fsp3) is 0.529. The average molecular weight is 386 g/mol. The van der Waals surface area contributed by atoms with E-state index in [-0.39, 0.29) is 12.5 Å². The lowest BCUT2D eigenvalue weighted by molar-refractivity contribution is -0.137. The van der Waals surface area contributed by atoms with Crippen molar-refractivity contribution in [1.82, 2.24) is 5.32 Å². The number of amides is 1. The van der Waals surface area contributed by atoms with Gasteiger partial charge < -0.3 is 15.2 Å². The molecule has 0 spiro atoms. The van der Waals surface area contributed by atoms with Crippen LogP contribution in [0, 0.1) is 6.92 Å². The maximum absolute atomic E-state index is 12.0. The van der Waals surface area contributed by atoms with Crippen molar-refractivity contribution in [2.75, 3.05) is 0 Å². The Morgan fingerprint density at radius 3 is 2.52 bits per heavy atom. The van der Waals surface area contributed by atoms with Crippen LogP contribution in [0.1, 0.15) is 44.7 Å². The van der Waals surface area contributed by atoms with E-state index in [0.29, 0.717) is 12.8 Å². The molecule has 128 valence electrons. The zero-order valence-electron chi connectivity index (χ0n) is 14.0. The molecular formula is C17H24BrNO4. The maximum Gasteiger partial charge on any atom is 0.407 e. The van der Waals surface area contributed by atoms with E-state index in [1.165, 1.54) is 0 Å². The number of rotatable bonds is 6. The zero-order valence-corrected chi connectivity index (χ0v) is 15.6. The Bertz CT molecular complexity index is 566. The predicted molar refractivity (Wildman–Crippen MR) is 92.6 cm³/mol. The van der Waals surface area contributed by atoms with Gasteiger partial charge in [-0.25, -0.2) is 4.79 Å². The molecule has 0 aliphatic carbocycles. The number of carboxylic acid groups (broad SMARTS) is 1. The van der Waals surface area contributed by atoms with Crippen molar-refractivity contribution in [1.29, 1.82) is 0 Å². The number of aryl methyl sites for hydroxylation is 1. The van der Waals surface area contributed by atoms with Gasteiger partial charge >= 0.3 is 12.1 Å². The smallest absolute Gasteiger partial charge is 0.407 e. The number of ether oxygens (including phenoxy) is 1. The van der Waals surface area contributed by atoms with Crippen molar-refractivity contribution in [3.63, 3.8) is 0 Å². The van der Waals surface area contributed by atoms with E-state index in [9.17, 15) is 9.59 Å². The molecule has 5 nitrogen and oxygen atoms in total. The molecule has 0 saturated carbocycles. The normalized spacial score (nSPS) is 12.6. The summed E-state index contributed by atoms with van der Waals surface area (Å²) in [5.41, 5.74) is 1.55. The highest BCUT2D eigenvalue weighted by Gasteiger charge is 2.21. The minimum absolute atomic E-state index is 0.00998. The van der Waals surface area contributed by atoms with Crippen LogP contribution < -0.4 is 5.32 Å². The van der Waals surface area contributed by atoms with Gasteiger partial charge in [-0.1, -0.05) is 28.1 Å². The van der Waals surface area contributed by atoms with E-state index in [4.69, 9.17) is 9.84 Å². The van der Waals surface area contributed by atoms with E-state index in [0.717, 1.165) is 15.6 Å². The van der Waals surface area contributed by atoms with Crippen LogP contribution in [0.5, 0.6) is 0 Å². The Hall–Kier alpha value is -1.56. The van der Waals surface area contributed by atoms with Crippen molar-refractivity contribution in [2.45, 2.75) is 58.6 Å². The molecule has 23 heavy (non-hydrogen) atoms. The molecule has 0 saturated heterocycles. The molecule has 0 fully saturated rings. The van der Waals surface area contributed by atoms with Crippen molar-refractivity contribution < 1.29 is 19.4 Å². The summed E-state index contributed by atoms with van der Waals surface area (Å²) in [4.78, 5) is 22.8. The highest BCUT2D eigenvalue weighted by molar-refractivity contribution is 9.10. The number of hydrogen-bond acceptors (Lipinski definition) is 3. The third-order valence-corrected chi connectivity index (χ3v) is 3.84. The van der Waals surface area contributed by atoms with Crippen LogP contribution in [0.4, 0.5) is 4.79 Å². The minimum Gasteiger partial charge on any atom is -0.481 e. The van der Waals surface area contributed by atoms with Crippen LogP contribution in [-0.2, 0) is 16.0 Å². The number of nitrogens with one attached hydrogen (secondary N) is 1. The molecule has 1 rings (SSSR count). The van der Waals surface area contributed by atoms with Gasteiger partial charge in [0.25, 0.3) is 0 Å². The molecule has 0 heterocycles. The number of aliphatic carboxylic acids is 1. The lowest BCUT2D eigenvalue weighted by atomic mass is 10.0. The SMILES string of the molecule is Cc1ccc(CC(CCC(=O)O)NC(=O)OC(C)(C)C)c(Br)c1. The monoisotopic (exact) mass is 385 g/mol. The van der Waals surface area contributed by atoms with Crippen molar-refractivity contribution in [2.24, 2.45) is 0 Å². The average Bonchev–Trinajstić information content (AvgIpc) is 2.36. The van der Waals surface area contributed by atoms with Crippen LogP contribution in [0.15, 0.2) is 22.7 Å².